The highest BCUT2D eigenvalue weighted by molar-refractivity contribution is 6.24. The molecule has 0 aromatic heterocycles. The summed E-state index contributed by atoms with van der Waals surface area (Å²) in [7, 11) is 3.20. The Labute approximate surface area is 139 Å². The molecular formula is C17H16ClNO4. The summed E-state index contributed by atoms with van der Waals surface area (Å²) in [6.45, 7) is 0.210. The summed E-state index contributed by atoms with van der Waals surface area (Å²) in [5.74, 6) is 2.66. The van der Waals surface area contributed by atoms with Gasteiger partial charge in [0, 0.05) is 11.8 Å². The van der Waals surface area contributed by atoms with E-state index >= 15 is 0 Å². The molecule has 5 nitrogen and oxygen atoms in total. The third-order valence-electron chi connectivity index (χ3n) is 3.47. The lowest BCUT2D eigenvalue weighted by Crippen LogP contribution is -1.93. The van der Waals surface area contributed by atoms with E-state index in [-0.39, 0.29) is 6.79 Å². The highest BCUT2D eigenvalue weighted by Gasteiger charge is 2.19. The van der Waals surface area contributed by atoms with Crippen LogP contribution in [0.2, 0.25) is 0 Å². The largest absolute Gasteiger partial charge is 0.495 e. The second-order valence-corrected chi connectivity index (χ2v) is 5.03. The van der Waals surface area contributed by atoms with E-state index in [1.165, 1.54) is 0 Å². The molecule has 0 aliphatic carbocycles. The first-order chi connectivity index (χ1) is 11.2. The van der Waals surface area contributed by atoms with Gasteiger partial charge in [0.25, 0.3) is 0 Å². The molecule has 3 rings (SSSR count). The normalized spacial score (nSPS) is 12.5. The molecule has 0 atom stereocenters. The summed E-state index contributed by atoms with van der Waals surface area (Å²) >= 11 is 5.70. The monoisotopic (exact) mass is 333 g/mol. The minimum Gasteiger partial charge on any atom is -0.495 e. The van der Waals surface area contributed by atoms with Crippen molar-refractivity contribution in [3.05, 3.63) is 41.5 Å². The fourth-order valence-electron chi connectivity index (χ4n) is 2.34. The number of hydrogen-bond acceptors (Lipinski definition) is 5. The number of fused-ring (bicyclic) bond motifs is 1. The number of nitrogens with one attached hydrogen (secondary N) is 1. The van der Waals surface area contributed by atoms with Crippen LogP contribution in [0.5, 0.6) is 23.0 Å². The van der Waals surface area contributed by atoms with Crippen LogP contribution in [0.25, 0.3) is 12.2 Å². The van der Waals surface area contributed by atoms with Gasteiger partial charge in [-0.15, -0.1) is 0 Å². The van der Waals surface area contributed by atoms with Gasteiger partial charge in [-0.25, -0.2) is 0 Å². The molecule has 2 aromatic rings. The Morgan fingerprint density at radius 2 is 1.78 bits per heavy atom. The molecule has 23 heavy (non-hydrogen) atoms. The van der Waals surface area contributed by atoms with E-state index in [0.717, 1.165) is 11.1 Å². The first-order valence-corrected chi connectivity index (χ1v) is 7.33. The quantitative estimate of drug-likeness (QED) is 0.657. The summed E-state index contributed by atoms with van der Waals surface area (Å²) in [5, 5.41) is 0. The zero-order valence-corrected chi connectivity index (χ0v) is 13.5. The molecular weight excluding hydrogens is 318 g/mol. The molecule has 0 bridgehead atoms. The molecule has 0 spiro atoms. The molecule has 120 valence electrons. The summed E-state index contributed by atoms with van der Waals surface area (Å²) in [6.07, 6.45) is 3.93. The Kier molecular flexibility index (Phi) is 4.48. The van der Waals surface area contributed by atoms with Crippen LogP contribution in [0.3, 0.4) is 0 Å². The number of rotatable bonds is 5. The van der Waals surface area contributed by atoms with Crippen molar-refractivity contribution < 1.29 is 18.9 Å². The van der Waals surface area contributed by atoms with Gasteiger partial charge in [0.05, 0.1) is 19.9 Å². The maximum Gasteiger partial charge on any atom is 0.231 e. The third kappa shape index (κ3) is 3.14. The van der Waals surface area contributed by atoms with Crippen molar-refractivity contribution in [3.63, 3.8) is 0 Å². The number of benzene rings is 2. The fourth-order valence-corrected chi connectivity index (χ4v) is 2.49. The van der Waals surface area contributed by atoms with E-state index in [1.807, 2.05) is 42.5 Å². The smallest absolute Gasteiger partial charge is 0.231 e. The van der Waals surface area contributed by atoms with Gasteiger partial charge in [-0.3, -0.25) is 4.84 Å². The molecule has 0 saturated carbocycles. The van der Waals surface area contributed by atoms with Gasteiger partial charge in [0.2, 0.25) is 12.5 Å². The predicted octanol–water partition coefficient (Wildman–Crippen LogP) is 4.17. The van der Waals surface area contributed by atoms with E-state index in [0.29, 0.717) is 28.7 Å². The standard InChI is InChI=1S/C17H16ClNO4/c1-20-14-6-5-11(7-13(14)19-18)3-4-12-8-15(21-2)17-16(9-12)22-10-23-17/h3-9,19H,10H2,1-2H3/b4-3-. The van der Waals surface area contributed by atoms with Gasteiger partial charge < -0.3 is 18.9 Å². The third-order valence-corrected chi connectivity index (χ3v) is 3.68. The Balaban J connectivity index is 1.88. The van der Waals surface area contributed by atoms with Crippen LogP contribution in [0, 0.1) is 0 Å². The minimum absolute atomic E-state index is 0.210. The lowest BCUT2D eigenvalue weighted by atomic mass is 10.1. The molecule has 0 unspecified atom stereocenters. The van der Waals surface area contributed by atoms with Gasteiger partial charge >= 0.3 is 0 Å². The predicted molar refractivity (Wildman–Crippen MR) is 90.5 cm³/mol. The number of ether oxygens (including phenoxy) is 4. The first kappa shape index (κ1) is 15.4. The summed E-state index contributed by atoms with van der Waals surface area (Å²) in [6, 6.07) is 9.49. The second kappa shape index (κ2) is 6.71. The molecule has 1 heterocycles. The summed E-state index contributed by atoms with van der Waals surface area (Å²) in [4.78, 5) is 2.59. The Hall–Kier alpha value is -2.53. The lowest BCUT2D eigenvalue weighted by molar-refractivity contribution is 0.171. The van der Waals surface area contributed by atoms with Gasteiger partial charge in [-0.2, -0.15) is 0 Å². The molecule has 1 aliphatic heterocycles. The van der Waals surface area contributed by atoms with Crippen LogP contribution < -0.4 is 23.8 Å². The number of hydrogen-bond donors (Lipinski definition) is 1. The first-order valence-electron chi connectivity index (χ1n) is 6.95. The van der Waals surface area contributed by atoms with E-state index < -0.39 is 0 Å². The molecule has 0 saturated heterocycles. The summed E-state index contributed by atoms with van der Waals surface area (Å²) < 4.78 is 21.4. The molecule has 0 fully saturated rings. The Morgan fingerprint density at radius 3 is 2.52 bits per heavy atom. The average molecular weight is 334 g/mol. The van der Waals surface area contributed by atoms with Crippen LogP contribution in [-0.4, -0.2) is 21.0 Å². The molecule has 0 amide bonds. The van der Waals surface area contributed by atoms with Gasteiger partial charge in [0.1, 0.15) is 5.75 Å². The minimum atomic E-state index is 0.210. The van der Waals surface area contributed by atoms with Crippen molar-refractivity contribution in [2.75, 3.05) is 25.8 Å². The van der Waals surface area contributed by atoms with E-state index in [2.05, 4.69) is 4.84 Å². The zero-order chi connectivity index (χ0) is 16.2. The molecule has 2 aromatic carbocycles. The highest BCUT2D eigenvalue weighted by Crippen LogP contribution is 2.42. The van der Waals surface area contributed by atoms with Crippen LogP contribution in [0.4, 0.5) is 5.69 Å². The second-order valence-electron chi connectivity index (χ2n) is 4.84. The molecule has 0 radical (unpaired) electrons. The molecule has 1 aliphatic rings. The SMILES string of the molecule is COc1ccc(/C=C\c2cc(OC)c3c(c2)OCO3)cc1NCl. The maximum absolute atomic E-state index is 5.70. The van der Waals surface area contributed by atoms with Gasteiger partial charge in [-0.1, -0.05) is 18.2 Å². The fraction of sp³-hybridized carbons (Fsp3) is 0.176. The number of anilines is 1. The van der Waals surface area contributed by atoms with Crippen molar-refractivity contribution in [2.24, 2.45) is 0 Å². The van der Waals surface area contributed by atoms with E-state index in [4.69, 9.17) is 30.7 Å². The average Bonchev–Trinajstić information content (AvgIpc) is 3.07. The number of halogens is 1. The van der Waals surface area contributed by atoms with Crippen LogP contribution in [0.1, 0.15) is 11.1 Å². The topological polar surface area (TPSA) is 49.0 Å². The lowest BCUT2D eigenvalue weighted by Gasteiger charge is -2.07. The summed E-state index contributed by atoms with van der Waals surface area (Å²) in [5.41, 5.74) is 2.63. The van der Waals surface area contributed by atoms with Crippen LogP contribution >= 0.6 is 11.8 Å². The number of methoxy groups -OCH3 is 2. The van der Waals surface area contributed by atoms with Gasteiger partial charge in [-0.05, 0) is 35.4 Å². The van der Waals surface area contributed by atoms with Crippen LogP contribution in [0.15, 0.2) is 30.3 Å². The van der Waals surface area contributed by atoms with Crippen molar-refractivity contribution >= 4 is 29.6 Å². The van der Waals surface area contributed by atoms with Crippen molar-refractivity contribution in [2.45, 2.75) is 0 Å². The van der Waals surface area contributed by atoms with Crippen molar-refractivity contribution in [1.82, 2.24) is 0 Å². The highest BCUT2D eigenvalue weighted by atomic mass is 35.5. The van der Waals surface area contributed by atoms with E-state index in [1.54, 1.807) is 14.2 Å². The van der Waals surface area contributed by atoms with E-state index in [9.17, 15) is 0 Å². The Morgan fingerprint density at radius 1 is 1.00 bits per heavy atom. The van der Waals surface area contributed by atoms with Crippen molar-refractivity contribution in [3.8, 4) is 23.0 Å². The van der Waals surface area contributed by atoms with Crippen LogP contribution in [-0.2, 0) is 0 Å². The zero-order valence-electron chi connectivity index (χ0n) is 12.8. The Bertz CT molecular complexity index is 746. The van der Waals surface area contributed by atoms with Gasteiger partial charge in [0.15, 0.2) is 11.5 Å². The molecule has 6 heteroatoms. The van der Waals surface area contributed by atoms with Crippen molar-refractivity contribution in [1.29, 1.82) is 0 Å². The molecule has 1 N–H and O–H groups in total. The maximum atomic E-state index is 5.70.